The molecule has 2 aromatic rings. The van der Waals surface area contributed by atoms with Gasteiger partial charge in [0.05, 0.1) is 10.8 Å². The van der Waals surface area contributed by atoms with Crippen molar-refractivity contribution in [1.82, 2.24) is 9.61 Å². The van der Waals surface area contributed by atoms with E-state index < -0.39 is 15.3 Å². The molecule has 86 valence electrons. The van der Waals surface area contributed by atoms with Crippen LogP contribution >= 0.6 is 0 Å². The summed E-state index contributed by atoms with van der Waals surface area (Å²) in [6.07, 6.45) is 2.04. The summed E-state index contributed by atoms with van der Waals surface area (Å²) in [5.74, 6) is 0. The molecule has 0 spiro atoms. The van der Waals surface area contributed by atoms with E-state index in [1.807, 2.05) is 24.3 Å². The second kappa shape index (κ2) is 3.88. The van der Waals surface area contributed by atoms with E-state index in [4.69, 9.17) is 5.14 Å². The van der Waals surface area contributed by atoms with Crippen LogP contribution < -0.4 is 5.14 Å². The molecular weight excluding hydrogens is 226 g/mol. The van der Waals surface area contributed by atoms with Crippen LogP contribution in [0.3, 0.4) is 0 Å². The van der Waals surface area contributed by atoms with Gasteiger partial charge in [-0.1, -0.05) is 6.07 Å². The smallest absolute Gasteiger partial charge is 0.212 e. The standard InChI is InChI=1S/C10H13N3O2S/c1-8(16(11,14)15)7-10-4-2-3-9-5-6-12-13(9)10/h2-6,8H,7H2,1H3,(H2,11,14,15). The highest BCUT2D eigenvalue weighted by molar-refractivity contribution is 7.89. The van der Waals surface area contributed by atoms with Gasteiger partial charge in [-0.15, -0.1) is 0 Å². The summed E-state index contributed by atoms with van der Waals surface area (Å²) in [6, 6.07) is 7.51. The third-order valence-electron chi connectivity index (χ3n) is 2.56. The van der Waals surface area contributed by atoms with Gasteiger partial charge in [-0.25, -0.2) is 18.1 Å². The molecule has 0 aliphatic rings. The average molecular weight is 239 g/mol. The number of primary sulfonamides is 1. The number of nitrogens with two attached hydrogens (primary N) is 1. The quantitative estimate of drug-likeness (QED) is 0.849. The van der Waals surface area contributed by atoms with Crippen LogP contribution in [0.1, 0.15) is 12.6 Å². The van der Waals surface area contributed by atoms with Crippen molar-refractivity contribution < 1.29 is 8.42 Å². The summed E-state index contributed by atoms with van der Waals surface area (Å²) in [7, 11) is -3.49. The Kier molecular flexibility index (Phi) is 2.69. The number of hydrogen-bond acceptors (Lipinski definition) is 3. The number of aromatic nitrogens is 2. The van der Waals surface area contributed by atoms with E-state index in [1.54, 1.807) is 17.6 Å². The molecule has 2 aromatic heterocycles. The van der Waals surface area contributed by atoms with Gasteiger partial charge >= 0.3 is 0 Å². The number of nitrogens with zero attached hydrogens (tertiary/aromatic N) is 2. The van der Waals surface area contributed by atoms with Crippen LogP contribution in [-0.4, -0.2) is 23.3 Å². The lowest BCUT2D eigenvalue weighted by molar-refractivity contribution is 0.582. The van der Waals surface area contributed by atoms with Gasteiger partial charge < -0.3 is 0 Å². The normalized spacial score (nSPS) is 14.1. The second-order valence-corrected chi connectivity index (χ2v) is 5.77. The summed E-state index contributed by atoms with van der Waals surface area (Å²) in [5.41, 5.74) is 1.78. The second-order valence-electron chi connectivity index (χ2n) is 3.79. The Bertz CT molecular complexity index is 603. The zero-order valence-corrected chi connectivity index (χ0v) is 9.68. The fraction of sp³-hybridized carbons (Fsp3) is 0.300. The molecule has 6 heteroatoms. The predicted octanol–water partition coefficient (Wildman–Crippen LogP) is 0.554. The van der Waals surface area contributed by atoms with Gasteiger partial charge in [-0.3, -0.25) is 0 Å². The molecule has 0 bridgehead atoms. The molecule has 0 radical (unpaired) electrons. The first-order chi connectivity index (χ1) is 7.48. The van der Waals surface area contributed by atoms with Crippen LogP contribution in [0.2, 0.25) is 0 Å². The van der Waals surface area contributed by atoms with Crippen molar-refractivity contribution in [3.8, 4) is 0 Å². The van der Waals surface area contributed by atoms with Gasteiger partial charge in [0.1, 0.15) is 0 Å². The molecule has 2 heterocycles. The van der Waals surface area contributed by atoms with Crippen LogP contribution in [0.4, 0.5) is 0 Å². The minimum Gasteiger partial charge on any atom is -0.238 e. The highest BCUT2D eigenvalue weighted by atomic mass is 32.2. The molecule has 5 nitrogen and oxygen atoms in total. The van der Waals surface area contributed by atoms with Crippen LogP contribution in [0.15, 0.2) is 30.5 Å². The first kappa shape index (κ1) is 11.1. The fourth-order valence-electron chi connectivity index (χ4n) is 1.57. The Morgan fingerprint density at radius 2 is 2.19 bits per heavy atom. The van der Waals surface area contributed by atoms with Crippen molar-refractivity contribution in [2.75, 3.05) is 0 Å². The summed E-state index contributed by atoms with van der Waals surface area (Å²) in [4.78, 5) is 0. The first-order valence-electron chi connectivity index (χ1n) is 4.92. The van der Waals surface area contributed by atoms with Gasteiger partial charge in [0, 0.05) is 18.3 Å². The van der Waals surface area contributed by atoms with Crippen molar-refractivity contribution in [2.45, 2.75) is 18.6 Å². The summed E-state index contributed by atoms with van der Waals surface area (Å²) < 4.78 is 24.0. The van der Waals surface area contributed by atoms with E-state index in [1.165, 1.54) is 0 Å². The molecule has 1 atom stereocenters. The number of sulfonamides is 1. The monoisotopic (exact) mass is 239 g/mol. The molecule has 0 aliphatic heterocycles. The van der Waals surface area contributed by atoms with Gasteiger partial charge in [0.15, 0.2) is 0 Å². The van der Waals surface area contributed by atoms with Crippen molar-refractivity contribution >= 4 is 15.5 Å². The van der Waals surface area contributed by atoms with Crippen molar-refractivity contribution in [3.05, 3.63) is 36.2 Å². The van der Waals surface area contributed by atoms with E-state index in [9.17, 15) is 8.42 Å². The van der Waals surface area contributed by atoms with E-state index in [-0.39, 0.29) is 0 Å². The Morgan fingerprint density at radius 3 is 2.88 bits per heavy atom. The minimum atomic E-state index is -3.49. The molecule has 16 heavy (non-hydrogen) atoms. The maximum atomic E-state index is 11.2. The van der Waals surface area contributed by atoms with Crippen LogP contribution in [0.25, 0.3) is 5.52 Å². The highest BCUT2D eigenvalue weighted by Crippen LogP contribution is 2.10. The Hall–Kier alpha value is -1.40. The van der Waals surface area contributed by atoms with Crippen molar-refractivity contribution in [3.63, 3.8) is 0 Å². The predicted molar refractivity (Wildman–Crippen MR) is 61.5 cm³/mol. The largest absolute Gasteiger partial charge is 0.238 e. The van der Waals surface area contributed by atoms with Crippen LogP contribution in [0.5, 0.6) is 0 Å². The van der Waals surface area contributed by atoms with E-state index >= 15 is 0 Å². The topological polar surface area (TPSA) is 77.5 Å². The molecule has 0 aromatic carbocycles. The van der Waals surface area contributed by atoms with Crippen LogP contribution in [-0.2, 0) is 16.4 Å². The number of hydrogen-bond donors (Lipinski definition) is 1. The van der Waals surface area contributed by atoms with E-state index in [0.29, 0.717) is 6.42 Å². The van der Waals surface area contributed by atoms with Crippen molar-refractivity contribution in [1.29, 1.82) is 0 Å². The zero-order chi connectivity index (χ0) is 11.8. The van der Waals surface area contributed by atoms with Gasteiger partial charge in [0.25, 0.3) is 0 Å². The van der Waals surface area contributed by atoms with Crippen molar-refractivity contribution in [2.24, 2.45) is 5.14 Å². The zero-order valence-electron chi connectivity index (χ0n) is 8.87. The highest BCUT2D eigenvalue weighted by Gasteiger charge is 2.17. The van der Waals surface area contributed by atoms with Gasteiger partial charge in [-0.05, 0) is 25.1 Å². The lowest BCUT2D eigenvalue weighted by Crippen LogP contribution is -2.28. The molecule has 0 saturated carbocycles. The molecule has 0 amide bonds. The summed E-state index contributed by atoms with van der Waals surface area (Å²) >= 11 is 0. The van der Waals surface area contributed by atoms with E-state index in [0.717, 1.165) is 11.2 Å². The molecule has 2 N–H and O–H groups in total. The van der Waals surface area contributed by atoms with Crippen LogP contribution in [0, 0.1) is 0 Å². The third-order valence-corrected chi connectivity index (χ3v) is 3.85. The molecule has 0 saturated heterocycles. The lowest BCUT2D eigenvalue weighted by atomic mass is 10.2. The maximum Gasteiger partial charge on any atom is 0.212 e. The first-order valence-corrected chi connectivity index (χ1v) is 6.52. The minimum absolute atomic E-state index is 0.359. The lowest BCUT2D eigenvalue weighted by Gasteiger charge is -2.10. The summed E-state index contributed by atoms with van der Waals surface area (Å²) in [6.45, 7) is 1.59. The molecule has 2 rings (SSSR count). The number of pyridine rings is 1. The molecule has 0 fully saturated rings. The Labute approximate surface area is 93.9 Å². The SMILES string of the molecule is CC(Cc1cccc2ccnn12)S(N)(=O)=O. The molecular formula is C10H13N3O2S. The Balaban J connectivity index is 2.38. The average Bonchev–Trinajstić information content (AvgIpc) is 2.65. The molecule has 0 aliphatic carbocycles. The third kappa shape index (κ3) is 2.07. The fourth-order valence-corrected chi connectivity index (χ4v) is 1.98. The molecule has 1 unspecified atom stereocenters. The number of rotatable bonds is 3. The summed E-state index contributed by atoms with van der Waals surface area (Å²) in [5, 5.41) is 8.61. The maximum absolute atomic E-state index is 11.2. The van der Waals surface area contributed by atoms with Gasteiger partial charge in [0.2, 0.25) is 10.0 Å². The number of fused-ring (bicyclic) bond motifs is 1. The Morgan fingerprint density at radius 1 is 1.44 bits per heavy atom. The van der Waals surface area contributed by atoms with E-state index in [2.05, 4.69) is 5.10 Å². The van der Waals surface area contributed by atoms with Gasteiger partial charge in [-0.2, -0.15) is 5.10 Å².